The predicted octanol–water partition coefficient (Wildman–Crippen LogP) is 23.0. The third-order valence-corrected chi connectivity index (χ3v) is 31.4. The first-order valence-corrected chi connectivity index (χ1v) is 46.6. The van der Waals surface area contributed by atoms with E-state index in [0.29, 0.717) is 139 Å². The Labute approximate surface area is 768 Å². The molecule has 0 spiro atoms. The Kier molecular flexibility index (Phi) is 25.9. The van der Waals surface area contributed by atoms with Crippen molar-refractivity contribution in [2.24, 2.45) is 71.0 Å². The molecule has 7 aromatic heterocycles. The number of carbonyl (C=O) groups is 4. The van der Waals surface area contributed by atoms with Crippen LogP contribution in [0.5, 0.6) is 0 Å². The molecule has 20 rings (SSSR count). The molecule has 8 saturated carbocycles. The van der Waals surface area contributed by atoms with E-state index in [-0.39, 0.29) is 69.1 Å². The standard InChI is InChI=1S/2C28H28FN3O.C27H27FN4O.C26H27ClFN3O/c1-28(2,32-27(33)18-5-3-17(16-30)4-6-18)22-13-19-11-21(12-20(19)14-22)24-9-10-31-26-8-7-23(29)15-25(24)26;1-4-23-7-5-17(16-31-23)27(33)32-28(2,3)21-13-18-11-20(12-19(18)14-21)24-9-10-30-26-8-6-22(29)15-25(24)26;1-27(2,32-26(33)16-3-5-22(14-29)31-15-16)20-11-17-9-19(10-18(17)12-20)23-7-8-30-25-6-4-21(28)13-24(23)25;1-26(2,31-25(32)15-3-6-24(27)30-14-15)19-11-16-9-18(10-17(16)12-19)21-7-8-29-23-5-4-20(28)13-22(21)23/h3-10,15,19-22H,11-14H2,1-2H3,(H,32,33);1,5-10,15-16,18-21H,11-14H2,2-3H3,(H,32,33);3-8,13,15,17-20H,9-12H2,1-2H3,(H,32,33);3-8,13-14,16-19H,9-12H2,1-2H3,(H,31,32)/t19-,20+,21?,22?;18-,19+,20?,21?;17-,18+,19?,20?;16-,17+,18?,19?. The van der Waals surface area contributed by atoms with Gasteiger partial charge in [0.05, 0.1) is 50.4 Å². The van der Waals surface area contributed by atoms with Crippen molar-refractivity contribution in [1.29, 1.82) is 10.5 Å². The maximum Gasteiger partial charge on any atom is 0.253 e. The molecule has 670 valence electrons. The van der Waals surface area contributed by atoms with Crippen molar-refractivity contribution in [1.82, 2.24) is 56.2 Å². The molecule has 4 amide bonds. The third-order valence-electron chi connectivity index (χ3n) is 31.2. The number of pyridine rings is 7. The number of halogens is 5. The quantitative estimate of drug-likeness (QED) is 0.0399. The van der Waals surface area contributed by atoms with E-state index in [1.165, 1.54) is 65.1 Å². The van der Waals surface area contributed by atoms with Crippen molar-refractivity contribution in [3.05, 3.63) is 291 Å². The summed E-state index contributed by atoms with van der Waals surface area (Å²) in [6, 6.07) is 48.5. The highest BCUT2D eigenvalue weighted by molar-refractivity contribution is 6.29. The second kappa shape index (κ2) is 37.5. The van der Waals surface area contributed by atoms with Gasteiger partial charge in [-0.1, -0.05) is 17.5 Å². The summed E-state index contributed by atoms with van der Waals surface area (Å²) in [5, 5.41) is 34.9. The first-order chi connectivity index (χ1) is 62.8. The smallest absolute Gasteiger partial charge is 0.253 e. The van der Waals surface area contributed by atoms with Crippen LogP contribution < -0.4 is 21.3 Å². The number of amides is 4. The van der Waals surface area contributed by atoms with Crippen LogP contribution in [0.15, 0.2) is 201 Å². The van der Waals surface area contributed by atoms with Gasteiger partial charge >= 0.3 is 0 Å². The largest absolute Gasteiger partial charge is 0.347 e. The maximum atomic E-state index is 13.9. The van der Waals surface area contributed by atoms with Crippen molar-refractivity contribution in [3.8, 4) is 24.5 Å². The molecule has 131 heavy (non-hydrogen) atoms. The van der Waals surface area contributed by atoms with Crippen molar-refractivity contribution < 1.29 is 36.7 Å². The Bertz CT molecular complexity index is 5930. The zero-order valence-electron chi connectivity index (χ0n) is 75.2. The first kappa shape index (κ1) is 90.6. The third kappa shape index (κ3) is 19.8. The zero-order valence-corrected chi connectivity index (χ0v) is 76.0. The summed E-state index contributed by atoms with van der Waals surface area (Å²) in [4.78, 5) is 80.9. The van der Waals surface area contributed by atoms with Crippen LogP contribution in [0.25, 0.3) is 43.6 Å². The molecule has 0 bridgehead atoms. The summed E-state index contributed by atoms with van der Waals surface area (Å²) in [5.41, 5.74) is 10.5. The molecule has 8 unspecified atom stereocenters. The molecule has 12 aromatic rings. The molecule has 8 fully saturated rings. The molecule has 7 heterocycles. The molecule has 0 aliphatic heterocycles. The average molecular weight is 1780 g/mol. The number of nitrogens with one attached hydrogen (secondary N) is 4. The van der Waals surface area contributed by atoms with Crippen LogP contribution in [0.3, 0.4) is 0 Å². The van der Waals surface area contributed by atoms with Crippen molar-refractivity contribution >= 4 is 78.8 Å². The Morgan fingerprint density at radius 2 is 0.588 bits per heavy atom. The van der Waals surface area contributed by atoms with Gasteiger partial charge in [-0.05, 0) is 433 Å². The van der Waals surface area contributed by atoms with Gasteiger partial charge in [-0.25, -0.2) is 32.5 Å². The minimum atomic E-state index is -0.336. The lowest BCUT2D eigenvalue weighted by Gasteiger charge is -2.34. The van der Waals surface area contributed by atoms with Gasteiger partial charge in [0.15, 0.2) is 0 Å². The summed E-state index contributed by atoms with van der Waals surface area (Å²) >= 11 is 5.84. The fourth-order valence-corrected chi connectivity index (χ4v) is 24.2. The van der Waals surface area contributed by atoms with Crippen LogP contribution in [0.4, 0.5) is 17.6 Å². The number of nitrogens with zero attached hydrogens (tertiary/aromatic N) is 9. The Hall–Kier alpha value is -12.4. The molecule has 22 heteroatoms. The Morgan fingerprint density at radius 1 is 0.328 bits per heavy atom. The topological polar surface area (TPSA) is 254 Å². The number of fused-ring (bicyclic) bond motifs is 8. The number of nitriles is 2. The number of aromatic nitrogens is 7. The summed E-state index contributed by atoms with van der Waals surface area (Å²) in [7, 11) is 0. The fourth-order valence-electron chi connectivity index (χ4n) is 24.1. The van der Waals surface area contributed by atoms with Gasteiger partial charge in [-0.3, -0.25) is 39.1 Å². The molecular formula is C109H110ClF4N13O4. The zero-order chi connectivity index (χ0) is 92.0. The van der Waals surface area contributed by atoms with Crippen LogP contribution in [0.2, 0.25) is 5.15 Å². The monoisotopic (exact) mass is 1780 g/mol. The van der Waals surface area contributed by atoms with E-state index in [1.54, 1.807) is 109 Å². The van der Waals surface area contributed by atoms with Crippen molar-refractivity contribution in [2.45, 2.75) is 204 Å². The van der Waals surface area contributed by atoms with Crippen LogP contribution >= 0.6 is 11.6 Å². The van der Waals surface area contributed by atoms with E-state index in [0.717, 1.165) is 146 Å². The number of hydrogen-bond acceptors (Lipinski definition) is 13. The van der Waals surface area contributed by atoms with E-state index < -0.39 is 0 Å². The van der Waals surface area contributed by atoms with Crippen molar-refractivity contribution in [2.75, 3.05) is 0 Å². The van der Waals surface area contributed by atoms with Gasteiger partial charge in [0.1, 0.15) is 45.9 Å². The Morgan fingerprint density at radius 3 is 0.832 bits per heavy atom. The van der Waals surface area contributed by atoms with E-state index in [4.69, 9.17) is 28.5 Å². The van der Waals surface area contributed by atoms with Crippen LogP contribution in [0.1, 0.15) is 262 Å². The summed E-state index contributed by atoms with van der Waals surface area (Å²) in [6.07, 6.45) is 34.8. The molecule has 0 saturated heterocycles. The highest BCUT2D eigenvalue weighted by Gasteiger charge is 2.52. The van der Waals surface area contributed by atoms with E-state index in [1.807, 2.05) is 30.9 Å². The average Bonchev–Trinajstić information content (AvgIpc) is 1.63. The Balaban J connectivity index is 0.000000122. The SMILES string of the molecule is C#Cc1ccc(C(=O)NC(C)(C)C2C[C@H]3CC(c4ccnc5ccc(F)cc45)C[C@H]3C2)cn1.CC(C)(NC(=O)c1ccc(C#N)cc1)C1C[C@H]2CC(c3ccnc4ccc(F)cc34)C[C@H]2C1.CC(C)(NC(=O)c1ccc(C#N)nc1)C1C[C@H]2CC(c3ccnc4ccc(F)cc34)C[C@H]2C1.CC(C)(NC(=O)c1ccc(Cl)nc1)C1C[C@H]2CC(c3ccnc4ccc(F)cc34)C[C@H]2C1. The number of carbonyl (C=O) groups excluding carboxylic acids is 4. The minimum absolute atomic E-state index is 0.0929. The summed E-state index contributed by atoms with van der Waals surface area (Å²) < 4.78 is 55.6. The molecule has 4 N–H and O–H groups in total. The molecule has 17 nitrogen and oxygen atoms in total. The normalized spacial score (nSPS) is 24.6. The van der Waals surface area contributed by atoms with E-state index in [2.05, 4.69) is 148 Å². The number of terminal acetylenes is 1. The van der Waals surface area contributed by atoms with Crippen LogP contribution in [-0.4, -0.2) is 80.7 Å². The second-order valence-electron chi connectivity index (χ2n) is 40.6. The van der Waals surface area contributed by atoms with Gasteiger partial charge in [-0.15, -0.1) is 6.42 Å². The first-order valence-electron chi connectivity index (χ1n) is 46.2. The highest BCUT2D eigenvalue weighted by Crippen LogP contribution is 2.60. The maximum absolute atomic E-state index is 13.9. The van der Waals surface area contributed by atoms with Gasteiger partial charge in [0.25, 0.3) is 23.6 Å². The molecule has 5 aromatic carbocycles. The van der Waals surface area contributed by atoms with E-state index in [9.17, 15) is 36.7 Å². The lowest BCUT2D eigenvalue weighted by atomic mass is 9.82. The molecule has 8 aliphatic rings. The molecule has 8 aliphatic carbocycles. The van der Waals surface area contributed by atoms with Gasteiger partial charge in [0, 0.05) is 92.6 Å². The van der Waals surface area contributed by atoms with E-state index >= 15 is 0 Å². The molecule has 0 radical (unpaired) electrons. The highest BCUT2D eigenvalue weighted by atomic mass is 35.5. The minimum Gasteiger partial charge on any atom is -0.347 e. The summed E-state index contributed by atoms with van der Waals surface area (Å²) in [6.45, 7) is 16.9. The molecule has 16 atom stereocenters. The lowest BCUT2D eigenvalue weighted by Crippen LogP contribution is -2.48. The fraction of sp³-hybridized carbons (Fsp3) is 0.404. The second-order valence-corrected chi connectivity index (χ2v) is 40.9. The van der Waals surface area contributed by atoms with Crippen LogP contribution in [0, 0.1) is 129 Å². The molecular weight excluding hydrogens is 1670 g/mol. The lowest BCUT2D eigenvalue weighted by molar-refractivity contribution is 0.0868. The number of rotatable bonds is 16. The van der Waals surface area contributed by atoms with Gasteiger partial charge in [0.2, 0.25) is 0 Å². The van der Waals surface area contributed by atoms with Gasteiger partial charge in [-0.2, -0.15) is 10.5 Å². The van der Waals surface area contributed by atoms with Crippen LogP contribution in [-0.2, 0) is 0 Å². The van der Waals surface area contributed by atoms with Gasteiger partial charge < -0.3 is 21.3 Å². The van der Waals surface area contributed by atoms with Crippen molar-refractivity contribution in [3.63, 3.8) is 0 Å². The number of benzene rings is 5. The predicted molar refractivity (Wildman–Crippen MR) is 501 cm³/mol. The summed E-state index contributed by atoms with van der Waals surface area (Å²) in [5.74, 6) is 9.56. The number of hydrogen-bond donors (Lipinski definition) is 4.